The van der Waals surface area contributed by atoms with Crippen LogP contribution < -0.4 is 0 Å². The minimum absolute atomic E-state index is 0.0124. The van der Waals surface area contributed by atoms with E-state index < -0.39 is 23.4 Å². The normalized spacial score (nSPS) is 21.1. The Morgan fingerprint density at radius 3 is 2.33 bits per heavy atom. The fourth-order valence-corrected chi connectivity index (χ4v) is 6.10. The predicted octanol–water partition coefficient (Wildman–Crippen LogP) is 6.47. The van der Waals surface area contributed by atoms with Gasteiger partial charge in [-0.1, -0.05) is 17.7 Å². The molecule has 1 amide bonds. The number of benzene rings is 2. The molecule has 0 radical (unpaired) electrons. The summed E-state index contributed by atoms with van der Waals surface area (Å²) < 4.78 is 44.4. The zero-order valence-electron chi connectivity index (χ0n) is 22.7. The molecule has 2 aromatic carbocycles. The van der Waals surface area contributed by atoms with Crippen LogP contribution in [0.15, 0.2) is 42.5 Å². The molecule has 0 spiro atoms. The Morgan fingerprint density at radius 1 is 0.974 bits per heavy atom. The van der Waals surface area contributed by atoms with Crippen molar-refractivity contribution in [1.29, 1.82) is 0 Å². The van der Waals surface area contributed by atoms with Crippen molar-refractivity contribution in [2.24, 2.45) is 5.92 Å². The minimum Gasteiger partial charge on any atom is -0.342 e. The van der Waals surface area contributed by atoms with Crippen molar-refractivity contribution in [1.82, 2.24) is 19.6 Å². The second-order valence-corrected chi connectivity index (χ2v) is 12.2. The predicted molar refractivity (Wildman–Crippen MR) is 146 cm³/mol. The maximum absolute atomic E-state index is 14.8. The SMILES string of the molecule is Cc1cc(C2CCN(C(=O)[C@@H]3CN(C(C)(C)C)C[C@H]3c3ccc(F)cc3F)CC2)n(-c2ccc(Cl)c(F)c2)n1. The summed E-state index contributed by atoms with van der Waals surface area (Å²) >= 11 is 5.88. The van der Waals surface area contributed by atoms with Gasteiger partial charge in [-0.2, -0.15) is 5.10 Å². The Morgan fingerprint density at radius 2 is 1.69 bits per heavy atom. The van der Waals surface area contributed by atoms with Crippen molar-refractivity contribution in [3.05, 3.63) is 81.9 Å². The monoisotopic (exact) mass is 558 g/mol. The Balaban J connectivity index is 1.34. The Hall–Kier alpha value is -2.84. The Bertz CT molecular complexity index is 1380. The molecule has 2 aliphatic rings. The summed E-state index contributed by atoms with van der Waals surface area (Å²) in [6, 6.07) is 10.3. The molecule has 1 aromatic heterocycles. The number of piperidine rings is 1. The van der Waals surface area contributed by atoms with Crippen molar-refractivity contribution < 1.29 is 18.0 Å². The molecule has 3 aromatic rings. The molecule has 2 fully saturated rings. The molecule has 39 heavy (non-hydrogen) atoms. The molecule has 5 rings (SSSR count). The molecule has 0 unspecified atom stereocenters. The van der Waals surface area contributed by atoms with E-state index in [1.165, 1.54) is 24.3 Å². The van der Waals surface area contributed by atoms with Crippen LogP contribution in [-0.2, 0) is 4.79 Å². The van der Waals surface area contributed by atoms with Gasteiger partial charge in [-0.05, 0) is 70.4 Å². The van der Waals surface area contributed by atoms with Gasteiger partial charge in [-0.15, -0.1) is 0 Å². The quantitative estimate of drug-likeness (QED) is 0.368. The largest absolute Gasteiger partial charge is 0.342 e. The van der Waals surface area contributed by atoms with E-state index in [1.54, 1.807) is 10.7 Å². The van der Waals surface area contributed by atoms with E-state index in [4.69, 9.17) is 11.6 Å². The van der Waals surface area contributed by atoms with E-state index in [1.807, 2.05) is 17.9 Å². The number of aromatic nitrogens is 2. The first-order valence-electron chi connectivity index (χ1n) is 13.4. The number of hydrogen-bond donors (Lipinski definition) is 0. The van der Waals surface area contributed by atoms with Gasteiger partial charge in [0.1, 0.15) is 17.5 Å². The highest BCUT2D eigenvalue weighted by Crippen LogP contribution is 2.40. The molecule has 2 aliphatic heterocycles. The van der Waals surface area contributed by atoms with E-state index in [9.17, 15) is 18.0 Å². The van der Waals surface area contributed by atoms with Crippen molar-refractivity contribution in [3.63, 3.8) is 0 Å². The third-order valence-electron chi connectivity index (χ3n) is 8.18. The van der Waals surface area contributed by atoms with Crippen LogP contribution in [0.5, 0.6) is 0 Å². The number of amides is 1. The summed E-state index contributed by atoms with van der Waals surface area (Å²) in [6.45, 7) is 10.3. The van der Waals surface area contributed by atoms with Crippen LogP contribution >= 0.6 is 11.6 Å². The van der Waals surface area contributed by atoms with Crippen LogP contribution in [0.1, 0.15) is 62.4 Å². The molecule has 2 atom stereocenters. The van der Waals surface area contributed by atoms with Gasteiger partial charge in [0, 0.05) is 61.4 Å². The highest BCUT2D eigenvalue weighted by Gasteiger charge is 2.44. The van der Waals surface area contributed by atoms with Gasteiger partial charge in [0.15, 0.2) is 0 Å². The topological polar surface area (TPSA) is 41.4 Å². The van der Waals surface area contributed by atoms with E-state index >= 15 is 0 Å². The van der Waals surface area contributed by atoms with Gasteiger partial charge < -0.3 is 4.90 Å². The maximum Gasteiger partial charge on any atom is 0.227 e. The van der Waals surface area contributed by atoms with Crippen LogP contribution in [0, 0.1) is 30.3 Å². The van der Waals surface area contributed by atoms with E-state index in [2.05, 4.69) is 30.8 Å². The molecule has 0 N–H and O–H groups in total. The molecule has 9 heteroatoms. The van der Waals surface area contributed by atoms with Crippen molar-refractivity contribution in [3.8, 4) is 5.69 Å². The van der Waals surface area contributed by atoms with Crippen LogP contribution in [-0.4, -0.2) is 57.2 Å². The van der Waals surface area contributed by atoms with Gasteiger partial charge in [-0.3, -0.25) is 9.69 Å². The fourth-order valence-electron chi connectivity index (χ4n) is 5.98. The highest BCUT2D eigenvalue weighted by molar-refractivity contribution is 6.30. The second kappa shape index (κ2) is 10.6. The average Bonchev–Trinajstić information content (AvgIpc) is 3.50. The molecule has 0 saturated carbocycles. The number of hydrogen-bond acceptors (Lipinski definition) is 3. The summed E-state index contributed by atoms with van der Waals surface area (Å²) in [5.41, 5.74) is 2.62. The molecule has 208 valence electrons. The molecular weight excluding hydrogens is 525 g/mol. The second-order valence-electron chi connectivity index (χ2n) is 11.8. The minimum atomic E-state index is -0.623. The van der Waals surface area contributed by atoms with E-state index in [0.717, 1.165) is 30.3 Å². The first-order valence-corrected chi connectivity index (χ1v) is 13.8. The number of halogens is 4. The van der Waals surface area contributed by atoms with Gasteiger partial charge in [0.2, 0.25) is 5.91 Å². The number of nitrogens with zero attached hydrogens (tertiary/aromatic N) is 4. The van der Waals surface area contributed by atoms with E-state index in [-0.39, 0.29) is 28.3 Å². The van der Waals surface area contributed by atoms with Crippen molar-refractivity contribution in [2.75, 3.05) is 26.2 Å². The summed E-state index contributed by atoms with van der Waals surface area (Å²) in [5, 5.41) is 4.65. The summed E-state index contributed by atoms with van der Waals surface area (Å²) in [5.74, 6) is -2.32. The highest BCUT2D eigenvalue weighted by atomic mass is 35.5. The van der Waals surface area contributed by atoms with Gasteiger partial charge in [-0.25, -0.2) is 17.9 Å². The summed E-state index contributed by atoms with van der Waals surface area (Å²) in [4.78, 5) is 18.0. The van der Waals surface area contributed by atoms with Crippen molar-refractivity contribution in [2.45, 2.75) is 57.9 Å². The number of carbonyl (C=O) groups excluding carboxylic acids is 1. The maximum atomic E-state index is 14.8. The first kappa shape index (κ1) is 27.7. The molecule has 0 bridgehead atoms. The number of aryl methyl sites for hydroxylation is 1. The van der Waals surface area contributed by atoms with Crippen LogP contribution in [0.3, 0.4) is 0 Å². The van der Waals surface area contributed by atoms with Gasteiger partial charge >= 0.3 is 0 Å². The lowest BCUT2D eigenvalue weighted by atomic mass is 9.86. The number of carbonyl (C=O) groups is 1. The van der Waals surface area contributed by atoms with Crippen molar-refractivity contribution >= 4 is 17.5 Å². The third kappa shape index (κ3) is 5.59. The molecule has 3 heterocycles. The Kier molecular flexibility index (Phi) is 7.55. The van der Waals surface area contributed by atoms with Gasteiger partial charge in [0.25, 0.3) is 0 Å². The molecule has 0 aliphatic carbocycles. The lowest BCUT2D eigenvalue weighted by Gasteiger charge is -2.35. The molecular formula is C30H34ClF3N4O. The molecule has 5 nitrogen and oxygen atoms in total. The zero-order valence-corrected chi connectivity index (χ0v) is 23.5. The Labute approximate surface area is 232 Å². The third-order valence-corrected chi connectivity index (χ3v) is 8.49. The summed E-state index contributed by atoms with van der Waals surface area (Å²) in [7, 11) is 0. The lowest BCUT2D eigenvalue weighted by Crippen LogP contribution is -2.44. The van der Waals surface area contributed by atoms with Gasteiger partial charge in [0.05, 0.1) is 22.3 Å². The summed E-state index contributed by atoms with van der Waals surface area (Å²) in [6.07, 6.45) is 1.47. The lowest BCUT2D eigenvalue weighted by molar-refractivity contribution is -0.136. The first-order chi connectivity index (χ1) is 18.4. The standard InChI is InChI=1S/C30H34ClF3N4O/c1-18-13-28(38(35-18)21-6-8-25(31)27(34)15-21)19-9-11-36(12-10-19)29(39)24-17-37(30(2,3)4)16-23(24)22-7-5-20(32)14-26(22)33/h5-8,13-15,19,23-24H,9-12,16-17H2,1-4H3/t23-,24+/m0/s1. The smallest absolute Gasteiger partial charge is 0.227 e. The fraction of sp³-hybridized carbons (Fsp3) is 0.467. The number of rotatable bonds is 4. The molecule has 2 saturated heterocycles. The number of likely N-dealkylation sites (tertiary alicyclic amines) is 2. The van der Waals surface area contributed by atoms with Crippen LogP contribution in [0.2, 0.25) is 5.02 Å². The average molecular weight is 559 g/mol. The van der Waals surface area contributed by atoms with Crippen LogP contribution in [0.4, 0.5) is 13.2 Å². The van der Waals surface area contributed by atoms with Crippen LogP contribution in [0.25, 0.3) is 5.69 Å². The zero-order chi connectivity index (χ0) is 28.1. The van der Waals surface area contributed by atoms with E-state index in [0.29, 0.717) is 37.4 Å².